The summed E-state index contributed by atoms with van der Waals surface area (Å²) in [5.41, 5.74) is 6.64. The van der Waals surface area contributed by atoms with Gasteiger partial charge in [0, 0.05) is 17.1 Å². The molecule has 0 unspecified atom stereocenters. The van der Waals surface area contributed by atoms with E-state index in [-0.39, 0.29) is 0 Å². The fraction of sp³-hybridized carbons (Fsp3) is 0.304. The lowest BCUT2D eigenvalue weighted by atomic mass is 10.0. The first-order chi connectivity index (χ1) is 14.3. The molecule has 0 radical (unpaired) electrons. The number of nitrogens with zero attached hydrogens (tertiary/aromatic N) is 1. The molecule has 0 bridgehead atoms. The third-order valence-corrected chi connectivity index (χ3v) is 5.03. The first-order valence-corrected chi connectivity index (χ1v) is 10.4. The molecular formula is C23H28ClN3O2S. The molecule has 0 fully saturated rings. The predicted molar refractivity (Wildman–Crippen MR) is 129 cm³/mol. The minimum atomic E-state index is 0.295. The van der Waals surface area contributed by atoms with E-state index >= 15 is 0 Å². The Morgan fingerprint density at radius 2 is 2.03 bits per heavy atom. The summed E-state index contributed by atoms with van der Waals surface area (Å²) in [5.74, 6) is 1.87. The molecule has 0 aliphatic heterocycles. The number of ether oxygens (including phenoxy) is 2. The molecule has 0 saturated carbocycles. The van der Waals surface area contributed by atoms with Gasteiger partial charge in [-0.15, -0.1) is 6.58 Å². The fourth-order valence-electron chi connectivity index (χ4n) is 2.76. The maximum atomic E-state index is 6.30. The topological polar surface area (TPSA) is 54.9 Å². The van der Waals surface area contributed by atoms with Crippen molar-refractivity contribution < 1.29 is 9.47 Å². The van der Waals surface area contributed by atoms with E-state index in [9.17, 15) is 0 Å². The zero-order valence-electron chi connectivity index (χ0n) is 17.8. The number of hydrogen-bond acceptors (Lipinski definition) is 4. The lowest BCUT2D eigenvalue weighted by Gasteiger charge is -2.17. The number of halogens is 1. The summed E-state index contributed by atoms with van der Waals surface area (Å²) >= 11 is 11.4. The molecule has 2 aromatic carbocycles. The molecule has 2 N–H and O–H groups in total. The van der Waals surface area contributed by atoms with Gasteiger partial charge in [0.05, 0.1) is 13.3 Å². The molecule has 160 valence electrons. The van der Waals surface area contributed by atoms with Crippen LogP contribution in [0.1, 0.15) is 42.0 Å². The highest BCUT2D eigenvalue weighted by Gasteiger charge is 2.13. The van der Waals surface area contributed by atoms with E-state index in [1.807, 2.05) is 37.3 Å². The molecule has 30 heavy (non-hydrogen) atoms. The zero-order valence-corrected chi connectivity index (χ0v) is 19.4. The number of hydrazone groups is 1. The first kappa shape index (κ1) is 23.7. The molecule has 0 saturated heterocycles. The Bertz CT molecular complexity index is 929. The van der Waals surface area contributed by atoms with E-state index in [0.29, 0.717) is 24.2 Å². The first-order valence-electron chi connectivity index (χ1n) is 9.63. The van der Waals surface area contributed by atoms with Crippen LogP contribution in [0.4, 0.5) is 0 Å². The monoisotopic (exact) mass is 445 g/mol. The van der Waals surface area contributed by atoms with Crippen molar-refractivity contribution in [3.63, 3.8) is 0 Å². The standard InChI is InChI=1S/C23H28ClN3O2S/c1-6-9-25-23(30)27-26-13-17-7-8-21(28-5)18(11-17)14-29-22-10-16(4)20(24)12-19(22)15(2)3/h6-8,10-13,15H,1,9,14H2,2-5H3,(H2,25,27,30)/b26-13+. The highest BCUT2D eigenvalue weighted by Crippen LogP contribution is 2.33. The van der Waals surface area contributed by atoms with Crippen LogP contribution in [-0.2, 0) is 6.61 Å². The Morgan fingerprint density at radius 3 is 2.70 bits per heavy atom. The van der Waals surface area contributed by atoms with Gasteiger partial charge >= 0.3 is 0 Å². The van der Waals surface area contributed by atoms with Crippen LogP contribution in [0.15, 0.2) is 48.1 Å². The van der Waals surface area contributed by atoms with Crippen LogP contribution in [0.3, 0.4) is 0 Å². The average molecular weight is 446 g/mol. The third-order valence-electron chi connectivity index (χ3n) is 4.39. The lowest BCUT2D eigenvalue weighted by Crippen LogP contribution is -2.31. The Hall–Kier alpha value is -2.57. The van der Waals surface area contributed by atoms with Gasteiger partial charge in [0.2, 0.25) is 0 Å². The van der Waals surface area contributed by atoms with Crippen molar-refractivity contribution in [2.24, 2.45) is 5.10 Å². The van der Waals surface area contributed by atoms with Crippen LogP contribution in [-0.4, -0.2) is 25.0 Å². The van der Waals surface area contributed by atoms with Gasteiger partial charge in [-0.2, -0.15) is 5.10 Å². The maximum Gasteiger partial charge on any atom is 0.187 e. The summed E-state index contributed by atoms with van der Waals surface area (Å²) in [7, 11) is 1.64. The Labute approximate surface area is 189 Å². The lowest BCUT2D eigenvalue weighted by molar-refractivity contribution is 0.292. The second-order valence-corrected chi connectivity index (χ2v) is 7.84. The maximum absolute atomic E-state index is 6.30. The SMILES string of the molecule is C=CCNC(=S)N/N=C/c1ccc(OC)c(COc2cc(C)c(Cl)cc2C(C)C)c1. The minimum Gasteiger partial charge on any atom is -0.496 e. The molecule has 7 heteroatoms. The van der Waals surface area contributed by atoms with Crippen molar-refractivity contribution in [2.75, 3.05) is 13.7 Å². The van der Waals surface area contributed by atoms with Gasteiger partial charge in [-0.25, -0.2) is 0 Å². The Balaban J connectivity index is 2.16. The van der Waals surface area contributed by atoms with Crippen LogP contribution < -0.4 is 20.2 Å². The van der Waals surface area contributed by atoms with Crippen LogP contribution in [0.2, 0.25) is 5.02 Å². The average Bonchev–Trinajstić information content (AvgIpc) is 2.72. The fourth-order valence-corrected chi connectivity index (χ4v) is 3.07. The van der Waals surface area contributed by atoms with Gasteiger partial charge in [0.15, 0.2) is 5.11 Å². The van der Waals surface area contributed by atoms with Crippen LogP contribution in [0, 0.1) is 6.92 Å². The van der Waals surface area contributed by atoms with Gasteiger partial charge < -0.3 is 14.8 Å². The molecule has 0 atom stereocenters. The van der Waals surface area contributed by atoms with Crippen molar-refractivity contribution in [3.8, 4) is 11.5 Å². The van der Waals surface area contributed by atoms with Crippen LogP contribution in [0.5, 0.6) is 11.5 Å². The zero-order chi connectivity index (χ0) is 22.1. The summed E-state index contributed by atoms with van der Waals surface area (Å²) in [4.78, 5) is 0. The summed E-state index contributed by atoms with van der Waals surface area (Å²) in [5, 5.41) is 8.29. The second-order valence-electron chi connectivity index (χ2n) is 7.02. The minimum absolute atomic E-state index is 0.295. The quantitative estimate of drug-likeness (QED) is 0.236. The second kappa shape index (κ2) is 11.6. The van der Waals surface area contributed by atoms with Gasteiger partial charge in [0.1, 0.15) is 18.1 Å². The molecule has 0 spiro atoms. The van der Waals surface area contributed by atoms with E-state index < -0.39 is 0 Å². The van der Waals surface area contributed by atoms with Crippen molar-refractivity contribution >= 4 is 35.1 Å². The highest BCUT2D eigenvalue weighted by atomic mass is 35.5. The van der Waals surface area contributed by atoms with Crippen LogP contribution in [0.25, 0.3) is 0 Å². The number of hydrogen-bond donors (Lipinski definition) is 2. The van der Waals surface area contributed by atoms with Crippen molar-refractivity contribution in [2.45, 2.75) is 33.3 Å². The molecule has 2 aromatic rings. The van der Waals surface area contributed by atoms with Gasteiger partial charge in [-0.3, -0.25) is 5.43 Å². The molecular weight excluding hydrogens is 418 g/mol. The van der Waals surface area contributed by atoms with E-state index in [0.717, 1.165) is 38.8 Å². The number of benzene rings is 2. The highest BCUT2D eigenvalue weighted by molar-refractivity contribution is 7.80. The van der Waals surface area contributed by atoms with E-state index in [1.165, 1.54) is 0 Å². The Morgan fingerprint density at radius 1 is 1.27 bits per heavy atom. The third kappa shape index (κ3) is 6.75. The van der Waals surface area contributed by atoms with Crippen molar-refractivity contribution in [3.05, 3.63) is 70.3 Å². The molecule has 2 rings (SSSR count). The normalized spacial score (nSPS) is 10.9. The summed E-state index contributed by atoms with van der Waals surface area (Å²) in [6.45, 7) is 10.8. The summed E-state index contributed by atoms with van der Waals surface area (Å²) in [6, 6.07) is 9.75. The number of thiocarbonyl (C=S) groups is 1. The molecule has 0 amide bonds. The van der Waals surface area contributed by atoms with Gasteiger partial charge in [-0.1, -0.05) is 31.5 Å². The largest absolute Gasteiger partial charge is 0.496 e. The van der Waals surface area contributed by atoms with Gasteiger partial charge in [-0.05, 0) is 72.1 Å². The van der Waals surface area contributed by atoms with E-state index in [1.54, 1.807) is 19.4 Å². The van der Waals surface area contributed by atoms with Crippen molar-refractivity contribution in [1.82, 2.24) is 10.7 Å². The number of nitrogens with one attached hydrogen (secondary N) is 2. The smallest absolute Gasteiger partial charge is 0.187 e. The number of aryl methyl sites for hydroxylation is 1. The Kier molecular flexibility index (Phi) is 9.15. The molecule has 0 aromatic heterocycles. The molecule has 0 aliphatic carbocycles. The molecule has 0 heterocycles. The summed E-state index contributed by atoms with van der Waals surface area (Å²) in [6.07, 6.45) is 3.41. The van der Waals surface area contributed by atoms with Crippen LogP contribution >= 0.6 is 23.8 Å². The van der Waals surface area contributed by atoms with Crippen molar-refractivity contribution in [1.29, 1.82) is 0 Å². The summed E-state index contributed by atoms with van der Waals surface area (Å²) < 4.78 is 11.7. The number of methoxy groups -OCH3 is 1. The number of rotatable bonds is 9. The van der Waals surface area contributed by atoms with E-state index in [2.05, 4.69) is 36.3 Å². The molecule has 5 nitrogen and oxygen atoms in total. The molecule has 0 aliphatic rings. The van der Waals surface area contributed by atoms with E-state index in [4.69, 9.17) is 33.3 Å². The van der Waals surface area contributed by atoms with Gasteiger partial charge in [0.25, 0.3) is 0 Å². The predicted octanol–water partition coefficient (Wildman–Crippen LogP) is 5.34.